The molecule has 0 bridgehead atoms. The molecule has 1 aliphatic carbocycles. The molecule has 1 aromatic carbocycles. The fourth-order valence-corrected chi connectivity index (χ4v) is 1.97. The number of aryl methyl sites for hydroxylation is 1. The minimum Gasteiger partial charge on any atom is -0.490 e. The van der Waals surface area contributed by atoms with E-state index in [1.807, 2.05) is 25.1 Å². The third-order valence-electron chi connectivity index (χ3n) is 3.31. The van der Waals surface area contributed by atoms with Crippen LogP contribution in [0.2, 0.25) is 0 Å². The van der Waals surface area contributed by atoms with E-state index in [0.29, 0.717) is 6.61 Å². The van der Waals surface area contributed by atoms with Gasteiger partial charge in [-0.2, -0.15) is 0 Å². The largest absolute Gasteiger partial charge is 0.490 e. The van der Waals surface area contributed by atoms with Crippen molar-refractivity contribution in [2.24, 2.45) is 5.41 Å². The first kappa shape index (κ1) is 8.77. The number of hydrogen-bond acceptors (Lipinski definition) is 2. The lowest BCUT2D eigenvalue weighted by atomic mass is 10.1. The van der Waals surface area contributed by atoms with Crippen molar-refractivity contribution in [3.05, 3.63) is 23.8 Å². The van der Waals surface area contributed by atoms with E-state index in [1.165, 1.54) is 0 Å². The van der Waals surface area contributed by atoms with E-state index in [-0.39, 0.29) is 11.3 Å². The summed E-state index contributed by atoms with van der Waals surface area (Å²) in [6.45, 7) is 2.50. The zero-order valence-corrected chi connectivity index (χ0v) is 8.67. The molecule has 15 heavy (non-hydrogen) atoms. The number of anilines is 1. The van der Waals surface area contributed by atoms with Crippen molar-refractivity contribution in [1.82, 2.24) is 0 Å². The monoisotopic (exact) mass is 203 g/mol. The maximum atomic E-state index is 11.9. The molecule has 0 atom stereocenters. The van der Waals surface area contributed by atoms with Gasteiger partial charge in [-0.3, -0.25) is 4.79 Å². The molecule has 0 aromatic heterocycles. The highest BCUT2D eigenvalue weighted by Gasteiger charge is 2.52. The molecule has 3 rings (SSSR count). The number of carbonyl (C=O) groups excluding carboxylic acids is 1. The van der Waals surface area contributed by atoms with Gasteiger partial charge in [0.2, 0.25) is 5.91 Å². The summed E-state index contributed by atoms with van der Waals surface area (Å²) in [7, 11) is 0. The molecule has 3 heteroatoms. The third-order valence-corrected chi connectivity index (χ3v) is 3.31. The van der Waals surface area contributed by atoms with E-state index >= 15 is 0 Å². The number of nitrogens with one attached hydrogen (secondary N) is 1. The molecule has 0 radical (unpaired) electrons. The van der Waals surface area contributed by atoms with Crippen LogP contribution in [0.15, 0.2) is 18.2 Å². The van der Waals surface area contributed by atoms with Gasteiger partial charge in [0, 0.05) is 0 Å². The Hall–Kier alpha value is -1.51. The summed E-state index contributed by atoms with van der Waals surface area (Å²) in [6.07, 6.45) is 1.90. The van der Waals surface area contributed by atoms with Crippen molar-refractivity contribution in [3.8, 4) is 5.75 Å². The first-order valence-corrected chi connectivity index (χ1v) is 5.25. The molecule has 3 nitrogen and oxygen atoms in total. The van der Waals surface area contributed by atoms with E-state index in [9.17, 15) is 4.79 Å². The maximum Gasteiger partial charge on any atom is 0.234 e. The van der Waals surface area contributed by atoms with E-state index in [4.69, 9.17) is 4.74 Å². The average Bonchev–Trinajstić information content (AvgIpc) is 3.00. The minimum atomic E-state index is -0.231. The second-order valence-electron chi connectivity index (χ2n) is 4.47. The molecule has 1 heterocycles. The summed E-state index contributed by atoms with van der Waals surface area (Å²) < 4.78 is 5.69. The number of benzene rings is 1. The summed E-state index contributed by atoms with van der Waals surface area (Å²) in [5.74, 6) is 0.919. The van der Waals surface area contributed by atoms with Crippen LogP contribution >= 0.6 is 0 Å². The van der Waals surface area contributed by atoms with Gasteiger partial charge in [0.1, 0.15) is 12.4 Å². The molecule has 1 N–H and O–H groups in total. The van der Waals surface area contributed by atoms with Crippen LogP contribution in [0.1, 0.15) is 18.4 Å². The van der Waals surface area contributed by atoms with Crippen LogP contribution in [0.4, 0.5) is 5.69 Å². The summed E-state index contributed by atoms with van der Waals surface area (Å²) in [4.78, 5) is 11.9. The molecule has 1 fully saturated rings. The van der Waals surface area contributed by atoms with E-state index in [2.05, 4.69) is 5.32 Å². The summed E-state index contributed by atoms with van der Waals surface area (Å²) in [6, 6.07) is 5.84. The standard InChI is InChI=1S/C12H13NO2/c1-8-3-2-4-9-10(8)13-11(14)12(5-6-12)7-15-9/h2-4H,5-7H2,1H3,(H,13,14). The minimum absolute atomic E-state index is 0.121. The summed E-state index contributed by atoms with van der Waals surface area (Å²) in [5, 5.41) is 2.98. The van der Waals surface area contributed by atoms with Crippen molar-refractivity contribution in [2.45, 2.75) is 19.8 Å². The maximum absolute atomic E-state index is 11.9. The van der Waals surface area contributed by atoms with Gasteiger partial charge in [-0.25, -0.2) is 0 Å². The molecule has 0 saturated heterocycles. The topological polar surface area (TPSA) is 38.3 Å². The van der Waals surface area contributed by atoms with Gasteiger partial charge < -0.3 is 10.1 Å². The Kier molecular flexibility index (Phi) is 1.61. The van der Waals surface area contributed by atoms with Gasteiger partial charge in [0.05, 0.1) is 11.1 Å². The van der Waals surface area contributed by atoms with Crippen LogP contribution in [0.3, 0.4) is 0 Å². The molecule has 0 unspecified atom stereocenters. The number of rotatable bonds is 0. The Labute approximate surface area is 88.4 Å². The van der Waals surface area contributed by atoms with Gasteiger partial charge in [-0.05, 0) is 31.4 Å². The van der Waals surface area contributed by atoms with Gasteiger partial charge in [0.25, 0.3) is 0 Å². The van der Waals surface area contributed by atoms with Crippen LogP contribution < -0.4 is 10.1 Å². The smallest absolute Gasteiger partial charge is 0.234 e. The zero-order valence-electron chi connectivity index (χ0n) is 8.67. The summed E-state index contributed by atoms with van der Waals surface area (Å²) in [5.41, 5.74) is 1.66. The lowest BCUT2D eigenvalue weighted by Gasteiger charge is -2.08. The lowest BCUT2D eigenvalue weighted by Crippen LogP contribution is -2.26. The first-order valence-electron chi connectivity index (χ1n) is 5.25. The van der Waals surface area contributed by atoms with Crippen LogP contribution in [-0.4, -0.2) is 12.5 Å². The highest BCUT2D eigenvalue weighted by molar-refractivity contribution is 5.99. The van der Waals surface area contributed by atoms with Gasteiger partial charge in [-0.15, -0.1) is 0 Å². The highest BCUT2D eigenvalue weighted by Crippen LogP contribution is 2.49. The normalized spacial score (nSPS) is 21.3. The highest BCUT2D eigenvalue weighted by atomic mass is 16.5. The van der Waals surface area contributed by atoms with E-state index in [0.717, 1.165) is 29.8 Å². The van der Waals surface area contributed by atoms with Crippen molar-refractivity contribution in [3.63, 3.8) is 0 Å². The van der Waals surface area contributed by atoms with Crippen molar-refractivity contribution < 1.29 is 9.53 Å². The number of para-hydroxylation sites is 1. The Bertz CT molecular complexity index is 435. The molecular weight excluding hydrogens is 190 g/mol. The fraction of sp³-hybridized carbons (Fsp3) is 0.417. The van der Waals surface area contributed by atoms with Crippen molar-refractivity contribution in [2.75, 3.05) is 11.9 Å². The van der Waals surface area contributed by atoms with E-state index < -0.39 is 0 Å². The molecule has 1 aromatic rings. The Morgan fingerprint density at radius 2 is 2.20 bits per heavy atom. The summed E-state index contributed by atoms with van der Waals surface area (Å²) >= 11 is 0. The average molecular weight is 203 g/mol. The number of carbonyl (C=O) groups is 1. The Balaban J connectivity index is 2.04. The molecule has 1 amide bonds. The molecule has 78 valence electrons. The number of ether oxygens (including phenoxy) is 1. The molecule has 1 aliphatic heterocycles. The van der Waals surface area contributed by atoms with Crippen LogP contribution in [-0.2, 0) is 4.79 Å². The SMILES string of the molecule is Cc1cccc2c1NC(=O)C1(CC1)CO2. The molecular formula is C12H13NO2. The predicted molar refractivity (Wildman–Crippen MR) is 57.0 cm³/mol. The van der Waals surface area contributed by atoms with Crippen molar-refractivity contribution >= 4 is 11.6 Å². The molecule has 1 saturated carbocycles. The number of fused-ring (bicyclic) bond motifs is 1. The van der Waals surface area contributed by atoms with Gasteiger partial charge >= 0.3 is 0 Å². The predicted octanol–water partition coefficient (Wildman–Crippen LogP) is 2.11. The fourth-order valence-electron chi connectivity index (χ4n) is 1.97. The zero-order chi connectivity index (χ0) is 10.5. The number of amides is 1. The van der Waals surface area contributed by atoms with Crippen LogP contribution in [0.5, 0.6) is 5.75 Å². The quantitative estimate of drug-likeness (QED) is 0.701. The first-order chi connectivity index (χ1) is 7.21. The van der Waals surface area contributed by atoms with Crippen molar-refractivity contribution in [1.29, 1.82) is 0 Å². The Morgan fingerprint density at radius 3 is 2.93 bits per heavy atom. The lowest BCUT2D eigenvalue weighted by molar-refractivity contribution is -0.121. The second-order valence-corrected chi connectivity index (χ2v) is 4.47. The van der Waals surface area contributed by atoms with Crippen LogP contribution in [0.25, 0.3) is 0 Å². The second kappa shape index (κ2) is 2.75. The van der Waals surface area contributed by atoms with Crippen LogP contribution in [0, 0.1) is 12.3 Å². The van der Waals surface area contributed by atoms with Gasteiger partial charge in [-0.1, -0.05) is 12.1 Å². The molecule has 1 spiro atoms. The van der Waals surface area contributed by atoms with Gasteiger partial charge in [0.15, 0.2) is 0 Å². The number of hydrogen-bond donors (Lipinski definition) is 1. The third kappa shape index (κ3) is 1.23. The molecule has 2 aliphatic rings. The van der Waals surface area contributed by atoms with E-state index in [1.54, 1.807) is 0 Å². The Morgan fingerprint density at radius 1 is 1.40 bits per heavy atom.